The molecule has 1 amide bonds. The van der Waals surface area contributed by atoms with Crippen molar-refractivity contribution in [3.63, 3.8) is 0 Å². The second kappa shape index (κ2) is 9.89. The van der Waals surface area contributed by atoms with Gasteiger partial charge in [0, 0.05) is 39.7 Å². The summed E-state index contributed by atoms with van der Waals surface area (Å²) in [6, 6.07) is 14.3. The largest absolute Gasteiger partial charge is 0.351 e. The van der Waals surface area contributed by atoms with Crippen LogP contribution in [0.4, 0.5) is 5.69 Å². The van der Waals surface area contributed by atoms with Gasteiger partial charge in [0.2, 0.25) is 0 Å². The quantitative estimate of drug-likeness (QED) is 0.673. The summed E-state index contributed by atoms with van der Waals surface area (Å²) in [4.78, 5) is 22.2. The van der Waals surface area contributed by atoms with Crippen molar-refractivity contribution in [3.05, 3.63) is 53.6 Å². The molecule has 0 fully saturated rings. The lowest BCUT2D eigenvalue weighted by atomic mass is 10.1. The van der Waals surface area contributed by atoms with Gasteiger partial charge in [-0.25, -0.2) is 0 Å². The van der Waals surface area contributed by atoms with E-state index in [2.05, 4.69) is 55.3 Å². The molecule has 28 heavy (non-hydrogen) atoms. The van der Waals surface area contributed by atoms with Crippen LogP contribution in [0.25, 0.3) is 0 Å². The highest BCUT2D eigenvalue weighted by molar-refractivity contribution is 7.99. The van der Waals surface area contributed by atoms with Crippen LogP contribution in [0.15, 0.2) is 57.2 Å². The zero-order valence-corrected chi connectivity index (χ0v) is 17.8. The Bertz CT molecular complexity index is 859. The van der Waals surface area contributed by atoms with Crippen molar-refractivity contribution in [2.75, 3.05) is 26.2 Å². The molecule has 0 radical (unpaired) electrons. The van der Waals surface area contributed by atoms with E-state index in [-0.39, 0.29) is 5.91 Å². The molecule has 148 valence electrons. The van der Waals surface area contributed by atoms with E-state index in [1.54, 1.807) is 11.8 Å². The third-order valence-electron chi connectivity index (χ3n) is 4.99. The molecule has 1 heterocycles. The normalized spacial score (nSPS) is 12.8. The van der Waals surface area contributed by atoms with Crippen LogP contribution in [0, 0.1) is 0 Å². The Balaban J connectivity index is 1.81. The molecule has 1 N–H and O–H groups in total. The molecule has 0 saturated carbocycles. The number of likely N-dealkylation sites (N-methyl/N-ethyl adjacent to an activating group) is 1. The predicted molar refractivity (Wildman–Crippen MR) is 118 cm³/mol. The number of nitrogens with zero attached hydrogens (tertiary/aromatic N) is 2. The maximum atomic E-state index is 12.6. The van der Waals surface area contributed by atoms with Crippen molar-refractivity contribution in [2.45, 2.75) is 43.4 Å². The van der Waals surface area contributed by atoms with Gasteiger partial charge >= 0.3 is 0 Å². The molecule has 0 spiro atoms. The molecule has 0 atom stereocenters. The second-order valence-corrected chi connectivity index (χ2v) is 7.96. The monoisotopic (exact) mass is 395 g/mol. The van der Waals surface area contributed by atoms with Crippen molar-refractivity contribution < 1.29 is 4.79 Å². The van der Waals surface area contributed by atoms with E-state index in [0.29, 0.717) is 12.1 Å². The maximum absolute atomic E-state index is 12.6. The first kappa shape index (κ1) is 20.6. The second-order valence-electron chi connectivity index (χ2n) is 6.87. The van der Waals surface area contributed by atoms with Crippen LogP contribution in [0.1, 0.15) is 49.5 Å². The van der Waals surface area contributed by atoms with Crippen LogP contribution in [-0.4, -0.2) is 42.7 Å². The molecule has 0 aliphatic carbocycles. The summed E-state index contributed by atoms with van der Waals surface area (Å²) in [5.41, 5.74) is 3.87. The van der Waals surface area contributed by atoms with Gasteiger partial charge in [-0.15, -0.1) is 0 Å². The van der Waals surface area contributed by atoms with Crippen LogP contribution < -0.4 is 5.32 Å². The highest BCUT2D eigenvalue weighted by atomic mass is 32.2. The molecule has 1 aliphatic rings. The topological polar surface area (TPSA) is 44.7 Å². The SMILES string of the molecule is CCCC1=Nc2cc(C(=O)NCCN(CC)CC)ccc2Sc2ccccc21. The van der Waals surface area contributed by atoms with Gasteiger partial charge in [0.25, 0.3) is 5.91 Å². The summed E-state index contributed by atoms with van der Waals surface area (Å²) in [7, 11) is 0. The Morgan fingerprint density at radius 1 is 1.07 bits per heavy atom. The number of hydrogen-bond donors (Lipinski definition) is 1. The third-order valence-corrected chi connectivity index (χ3v) is 6.13. The zero-order chi connectivity index (χ0) is 19.9. The highest BCUT2D eigenvalue weighted by Gasteiger charge is 2.18. The molecule has 0 bridgehead atoms. The van der Waals surface area contributed by atoms with E-state index < -0.39 is 0 Å². The van der Waals surface area contributed by atoms with Gasteiger partial charge in [0.05, 0.1) is 5.69 Å². The number of carbonyl (C=O) groups excluding carboxylic acids is 1. The van der Waals surface area contributed by atoms with Gasteiger partial charge in [-0.1, -0.05) is 57.2 Å². The summed E-state index contributed by atoms with van der Waals surface area (Å²) in [5, 5.41) is 3.04. The lowest BCUT2D eigenvalue weighted by Gasteiger charge is -2.18. The standard InChI is InChI=1S/C23H29N3OS/c1-4-9-19-18-10-7-8-11-21(18)28-22-13-12-17(16-20(22)25-19)23(27)24-14-15-26(5-2)6-3/h7-8,10-13,16H,4-6,9,14-15H2,1-3H3,(H,24,27). The number of rotatable bonds is 8. The molecule has 4 nitrogen and oxygen atoms in total. The van der Waals surface area contributed by atoms with E-state index in [1.165, 1.54) is 10.5 Å². The Hall–Kier alpha value is -2.11. The molecule has 2 aromatic carbocycles. The number of amides is 1. The number of carbonyl (C=O) groups is 1. The maximum Gasteiger partial charge on any atom is 0.251 e. The van der Waals surface area contributed by atoms with Gasteiger partial charge in [0.15, 0.2) is 0 Å². The first-order chi connectivity index (χ1) is 13.7. The summed E-state index contributed by atoms with van der Waals surface area (Å²) in [6.07, 6.45) is 1.97. The van der Waals surface area contributed by atoms with E-state index in [4.69, 9.17) is 4.99 Å². The summed E-state index contributed by atoms with van der Waals surface area (Å²) in [5.74, 6) is -0.0334. The van der Waals surface area contributed by atoms with Crippen molar-refractivity contribution in [2.24, 2.45) is 4.99 Å². The van der Waals surface area contributed by atoms with Gasteiger partial charge in [-0.2, -0.15) is 0 Å². The Labute approximate surface area is 172 Å². The first-order valence-corrected chi connectivity index (χ1v) is 11.0. The first-order valence-electron chi connectivity index (χ1n) is 10.2. The molecule has 2 aromatic rings. The number of fused-ring (bicyclic) bond motifs is 2. The molecular weight excluding hydrogens is 366 g/mol. The summed E-state index contributed by atoms with van der Waals surface area (Å²) >= 11 is 1.73. The Morgan fingerprint density at radius 3 is 2.61 bits per heavy atom. The Kier molecular flexibility index (Phi) is 7.29. The lowest BCUT2D eigenvalue weighted by Crippen LogP contribution is -2.34. The fourth-order valence-corrected chi connectivity index (χ4v) is 4.37. The molecule has 1 aliphatic heterocycles. The average Bonchev–Trinajstić information content (AvgIpc) is 2.87. The van der Waals surface area contributed by atoms with E-state index in [0.717, 1.165) is 48.8 Å². The number of hydrogen-bond acceptors (Lipinski definition) is 4. The summed E-state index contributed by atoms with van der Waals surface area (Å²) < 4.78 is 0. The summed E-state index contributed by atoms with van der Waals surface area (Å²) in [6.45, 7) is 9.97. The number of benzene rings is 2. The van der Waals surface area contributed by atoms with Crippen LogP contribution in [0.3, 0.4) is 0 Å². The van der Waals surface area contributed by atoms with Gasteiger partial charge < -0.3 is 10.2 Å². The minimum atomic E-state index is -0.0334. The van der Waals surface area contributed by atoms with Crippen LogP contribution in [0.5, 0.6) is 0 Å². The van der Waals surface area contributed by atoms with Crippen molar-refractivity contribution >= 4 is 29.1 Å². The fraction of sp³-hybridized carbons (Fsp3) is 0.391. The molecule has 3 rings (SSSR count). The number of aliphatic imine (C=N–C) groups is 1. The van der Waals surface area contributed by atoms with Crippen molar-refractivity contribution in [3.8, 4) is 0 Å². The molecule has 0 aromatic heterocycles. The van der Waals surface area contributed by atoms with Gasteiger partial charge in [-0.3, -0.25) is 9.79 Å². The van der Waals surface area contributed by atoms with Crippen molar-refractivity contribution in [1.82, 2.24) is 10.2 Å². The zero-order valence-electron chi connectivity index (χ0n) is 17.0. The van der Waals surface area contributed by atoms with Crippen LogP contribution in [0.2, 0.25) is 0 Å². The lowest BCUT2D eigenvalue weighted by molar-refractivity contribution is 0.0949. The van der Waals surface area contributed by atoms with Crippen LogP contribution >= 0.6 is 11.8 Å². The molecule has 5 heteroatoms. The highest BCUT2D eigenvalue weighted by Crippen LogP contribution is 2.41. The van der Waals surface area contributed by atoms with E-state index >= 15 is 0 Å². The minimum absolute atomic E-state index is 0.0334. The van der Waals surface area contributed by atoms with Crippen molar-refractivity contribution in [1.29, 1.82) is 0 Å². The predicted octanol–water partition coefficient (Wildman–Crippen LogP) is 5.14. The molecular formula is C23H29N3OS. The van der Waals surface area contributed by atoms with Gasteiger partial charge in [0.1, 0.15) is 0 Å². The molecule has 0 saturated heterocycles. The smallest absolute Gasteiger partial charge is 0.251 e. The Morgan fingerprint density at radius 2 is 1.86 bits per heavy atom. The molecule has 0 unspecified atom stereocenters. The van der Waals surface area contributed by atoms with E-state index in [1.807, 2.05) is 18.2 Å². The minimum Gasteiger partial charge on any atom is -0.351 e. The van der Waals surface area contributed by atoms with E-state index in [9.17, 15) is 4.79 Å². The third kappa shape index (κ3) is 4.83. The fourth-order valence-electron chi connectivity index (χ4n) is 3.35. The average molecular weight is 396 g/mol. The van der Waals surface area contributed by atoms with Gasteiger partial charge in [-0.05, 0) is 43.8 Å². The van der Waals surface area contributed by atoms with Crippen LogP contribution in [-0.2, 0) is 0 Å². The number of nitrogens with one attached hydrogen (secondary N) is 1.